The van der Waals surface area contributed by atoms with Crippen LogP contribution in [0.2, 0.25) is 0 Å². The lowest BCUT2D eigenvalue weighted by atomic mass is 10.2. The molecule has 0 fully saturated rings. The van der Waals surface area contributed by atoms with Gasteiger partial charge in [-0.05, 0) is 19.4 Å². The summed E-state index contributed by atoms with van der Waals surface area (Å²) in [4.78, 5) is 13.4. The molecular weight excluding hydrogens is 138 g/mol. The molecule has 0 unspecified atom stereocenters. The standard InChI is InChI=1S/C9H9NO/c1-8-3-2-4-9(6-5-8)10-7-11/h3-6H,2H2,1H3. The fourth-order valence-corrected chi connectivity index (χ4v) is 0.854. The maximum atomic E-state index is 9.88. The van der Waals surface area contributed by atoms with Crippen LogP contribution in [0.3, 0.4) is 0 Å². The number of allylic oxidation sites excluding steroid dienone is 5. The lowest BCUT2D eigenvalue weighted by Gasteiger charge is -1.84. The molecule has 0 spiro atoms. The van der Waals surface area contributed by atoms with Gasteiger partial charge in [-0.3, -0.25) is 0 Å². The van der Waals surface area contributed by atoms with Gasteiger partial charge in [0.2, 0.25) is 6.08 Å². The normalized spacial score (nSPS) is 16.1. The topological polar surface area (TPSA) is 29.4 Å². The average Bonchev–Trinajstić information content (AvgIpc) is 2.17. The Morgan fingerprint density at radius 2 is 2.27 bits per heavy atom. The summed E-state index contributed by atoms with van der Waals surface area (Å²) in [6.45, 7) is 2.01. The molecule has 1 rings (SSSR count). The van der Waals surface area contributed by atoms with E-state index >= 15 is 0 Å². The van der Waals surface area contributed by atoms with Crippen molar-refractivity contribution in [3.8, 4) is 0 Å². The molecule has 0 aromatic rings. The van der Waals surface area contributed by atoms with Crippen molar-refractivity contribution in [2.24, 2.45) is 4.99 Å². The van der Waals surface area contributed by atoms with Gasteiger partial charge in [-0.2, -0.15) is 4.99 Å². The Labute approximate surface area is 65.6 Å². The van der Waals surface area contributed by atoms with Crippen LogP contribution in [-0.4, -0.2) is 6.08 Å². The van der Waals surface area contributed by atoms with Crippen LogP contribution < -0.4 is 0 Å². The Morgan fingerprint density at radius 1 is 1.45 bits per heavy atom. The second kappa shape index (κ2) is 3.69. The van der Waals surface area contributed by atoms with Crippen molar-refractivity contribution in [1.82, 2.24) is 0 Å². The van der Waals surface area contributed by atoms with Crippen LogP contribution in [0.15, 0.2) is 40.6 Å². The third-order valence-electron chi connectivity index (χ3n) is 1.46. The number of isocyanates is 1. The summed E-state index contributed by atoms with van der Waals surface area (Å²) in [7, 11) is 0. The van der Waals surface area contributed by atoms with E-state index in [2.05, 4.69) is 11.1 Å². The monoisotopic (exact) mass is 147 g/mol. The largest absolute Gasteiger partial charge is 0.240 e. The predicted octanol–water partition coefficient (Wildman–Crippen LogP) is 2.11. The number of rotatable bonds is 1. The van der Waals surface area contributed by atoms with Crippen molar-refractivity contribution in [3.05, 3.63) is 35.6 Å². The van der Waals surface area contributed by atoms with Gasteiger partial charge in [0.25, 0.3) is 0 Å². The Hall–Kier alpha value is -1.40. The summed E-state index contributed by atoms with van der Waals surface area (Å²) in [6.07, 6.45) is 10.0. The van der Waals surface area contributed by atoms with Gasteiger partial charge in [-0.25, -0.2) is 4.79 Å². The maximum absolute atomic E-state index is 9.88. The molecule has 0 radical (unpaired) electrons. The maximum Gasteiger partial charge on any atom is 0.240 e. The molecule has 2 heteroatoms. The summed E-state index contributed by atoms with van der Waals surface area (Å²) in [5.41, 5.74) is 1.88. The molecule has 2 nitrogen and oxygen atoms in total. The van der Waals surface area contributed by atoms with E-state index in [-0.39, 0.29) is 0 Å². The van der Waals surface area contributed by atoms with Gasteiger partial charge in [0.1, 0.15) is 0 Å². The molecule has 0 saturated heterocycles. The fraction of sp³-hybridized carbons (Fsp3) is 0.222. The van der Waals surface area contributed by atoms with Crippen molar-refractivity contribution >= 4 is 6.08 Å². The molecule has 1 aliphatic carbocycles. The smallest absolute Gasteiger partial charge is 0.211 e. The predicted molar refractivity (Wildman–Crippen MR) is 43.7 cm³/mol. The van der Waals surface area contributed by atoms with Crippen LogP contribution in [-0.2, 0) is 4.79 Å². The first-order valence-electron chi connectivity index (χ1n) is 3.46. The van der Waals surface area contributed by atoms with E-state index < -0.39 is 0 Å². The summed E-state index contributed by atoms with van der Waals surface area (Å²) in [6, 6.07) is 0. The first kappa shape index (κ1) is 7.70. The Kier molecular flexibility index (Phi) is 2.59. The molecule has 0 atom stereocenters. The zero-order valence-electron chi connectivity index (χ0n) is 6.37. The van der Waals surface area contributed by atoms with E-state index in [1.807, 2.05) is 25.2 Å². The van der Waals surface area contributed by atoms with Crippen molar-refractivity contribution in [1.29, 1.82) is 0 Å². The van der Waals surface area contributed by atoms with Gasteiger partial charge in [-0.1, -0.05) is 23.8 Å². The first-order chi connectivity index (χ1) is 5.33. The van der Waals surface area contributed by atoms with Gasteiger partial charge in [0.05, 0.1) is 5.70 Å². The molecule has 0 aliphatic heterocycles. The number of nitrogens with zero attached hydrogens (tertiary/aromatic N) is 1. The van der Waals surface area contributed by atoms with Crippen molar-refractivity contribution in [3.63, 3.8) is 0 Å². The van der Waals surface area contributed by atoms with Crippen LogP contribution in [0.5, 0.6) is 0 Å². The number of carbonyl (C=O) groups excluding carboxylic acids is 1. The molecule has 0 amide bonds. The van der Waals surface area contributed by atoms with E-state index in [1.54, 1.807) is 0 Å². The zero-order valence-corrected chi connectivity index (χ0v) is 6.37. The van der Waals surface area contributed by atoms with Crippen LogP contribution in [0.4, 0.5) is 0 Å². The average molecular weight is 147 g/mol. The third-order valence-corrected chi connectivity index (χ3v) is 1.46. The van der Waals surface area contributed by atoms with E-state index in [1.165, 1.54) is 11.7 Å². The van der Waals surface area contributed by atoms with E-state index in [0.717, 1.165) is 6.42 Å². The third kappa shape index (κ3) is 2.36. The van der Waals surface area contributed by atoms with Crippen molar-refractivity contribution < 1.29 is 4.79 Å². The Balaban J connectivity index is 2.81. The summed E-state index contributed by atoms with van der Waals surface area (Å²) < 4.78 is 0. The number of aliphatic imine (C=N–C) groups is 1. The minimum Gasteiger partial charge on any atom is -0.211 e. The Bertz CT molecular complexity index is 278. The molecule has 11 heavy (non-hydrogen) atoms. The number of hydrogen-bond acceptors (Lipinski definition) is 2. The van der Waals surface area contributed by atoms with Gasteiger partial charge < -0.3 is 0 Å². The van der Waals surface area contributed by atoms with Gasteiger partial charge in [0.15, 0.2) is 0 Å². The van der Waals surface area contributed by atoms with Gasteiger partial charge in [-0.15, -0.1) is 0 Å². The lowest BCUT2D eigenvalue weighted by molar-refractivity contribution is 0.565. The Morgan fingerprint density at radius 3 is 3.00 bits per heavy atom. The lowest BCUT2D eigenvalue weighted by Crippen LogP contribution is -1.68. The van der Waals surface area contributed by atoms with E-state index in [4.69, 9.17) is 0 Å². The van der Waals surface area contributed by atoms with E-state index in [0.29, 0.717) is 5.70 Å². The molecule has 56 valence electrons. The second-order valence-electron chi connectivity index (χ2n) is 2.35. The molecule has 0 aromatic carbocycles. The molecule has 0 heterocycles. The molecule has 0 N–H and O–H groups in total. The minimum absolute atomic E-state index is 0.688. The van der Waals surface area contributed by atoms with Crippen LogP contribution in [0.25, 0.3) is 0 Å². The molecule has 0 aromatic heterocycles. The summed E-state index contributed by atoms with van der Waals surface area (Å²) >= 11 is 0. The zero-order chi connectivity index (χ0) is 8.10. The summed E-state index contributed by atoms with van der Waals surface area (Å²) in [5, 5.41) is 0. The van der Waals surface area contributed by atoms with Crippen molar-refractivity contribution in [2.45, 2.75) is 13.3 Å². The molecule has 0 saturated carbocycles. The molecule has 1 aliphatic rings. The van der Waals surface area contributed by atoms with Crippen LogP contribution in [0, 0.1) is 0 Å². The fourth-order valence-electron chi connectivity index (χ4n) is 0.854. The highest BCUT2D eigenvalue weighted by molar-refractivity contribution is 5.41. The first-order valence-corrected chi connectivity index (χ1v) is 3.46. The van der Waals surface area contributed by atoms with E-state index in [9.17, 15) is 4.79 Å². The van der Waals surface area contributed by atoms with Gasteiger partial charge in [0, 0.05) is 0 Å². The van der Waals surface area contributed by atoms with Crippen LogP contribution >= 0.6 is 0 Å². The minimum atomic E-state index is 0.688. The molecule has 0 bridgehead atoms. The highest BCUT2D eigenvalue weighted by Crippen LogP contribution is 2.09. The van der Waals surface area contributed by atoms with Crippen molar-refractivity contribution in [2.75, 3.05) is 0 Å². The highest BCUT2D eigenvalue weighted by atomic mass is 16.1. The second-order valence-corrected chi connectivity index (χ2v) is 2.35. The SMILES string of the molecule is CC1=CCC=C(N=C=O)C=C1. The van der Waals surface area contributed by atoms with Crippen LogP contribution in [0.1, 0.15) is 13.3 Å². The quantitative estimate of drug-likeness (QED) is 0.412. The van der Waals surface area contributed by atoms with Gasteiger partial charge >= 0.3 is 0 Å². The molecular formula is C9H9NO. The number of hydrogen-bond donors (Lipinski definition) is 0. The highest BCUT2D eigenvalue weighted by Gasteiger charge is 1.91. The summed E-state index contributed by atoms with van der Waals surface area (Å²) in [5.74, 6) is 0.